The van der Waals surface area contributed by atoms with Gasteiger partial charge < -0.3 is 15.2 Å². The Bertz CT molecular complexity index is 662. The minimum atomic E-state index is 0.0589. The summed E-state index contributed by atoms with van der Waals surface area (Å²) in [4.78, 5) is 0. The van der Waals surface area contributed by atoms with E-state index >= 15 is 0 Å². The molecule has 20 heavy (non-hydrogen) atoms. The molecule has 0 saturated carbocycles. The Morgan fingerprint density at radius 3 is 2.50 bits per heavy atom. The average molecular weight is 269 g/mol. The summed E-state index contributed by atoms with van der Waals surface area (Å²) in [5.74, 6) is 1.69. The van der Waals surface area contributed by atoms with E-state index in [0.29, 0.717) is 11.4 Å². The highest BCUT2D eigenvalue weighted by Crippen LogP contribution is 2.41. The fourth-order valence-electron chi connectivity index (χ4n) is 2.61. The van der Waals surface area contributed by atoms with Crippen LogP contribution in [0.3, 0.4) is 0 Å². The lowest BCUT2D eigenvalue weighted by Crippen LogP contribution is -2.18. The van der Waals surface area contributed by atoms with E-state index in [1.807, 2.05) is 24.3 Å². The lowest BCUT2D eigenvalue weighted by molar-refractivity contribution is 0.291. The summed E-state index contributed by atoms with van der Waals surface area (Å²) in [6.45, 7) is 5.13. The molecule has 104 valence electrons. The number of ether oxygens (including phenoxy) is 2. The topological polar surface area (TPSA) is 44.5 Å². The van der Waals surface area contributed by atoms with Crippen LogP contribution in [0.1, 0.15) is 19.4 Å². The normalized spacial score (nSPS) is 15.6. The molecule has 0 saturated heterocycles. The Labute approximate surface area is 119 Å². The molecule has 3 rings (SSSR count). The highest BCUT2D eigenvalue weighted by Gasteiger charge is 2.31. The van der Waals surface area contributed by atoms with Gasteiger partial charge in [0, 0.05) is 11.0 Å². The Balaban J connectivity index is 2.06. The third kappa shape index (κ3) is 1.99. The Morgan fingerprint density at radius 1 is 1.10 bits per heavy atom. The number of nitrogen functional groups attached to an aromatic ring is 1. The van der Waals surface area contributed by atoms with Gasteiger partial charge in [0.15, 0.2) is 0 Å². The molecule has 2 N–H and O–H groups in total. The molecule has 1 aliphatic rings. The second kappa shape index (κ2) is 4.44. The van der Waals surface area contributed by atoms with Gasteiger partial charge >= 0.3 is 0 Å². The molecule has 3 nitrogen and oxygen atoms in total. The molecule has 0 fully saturated rings. The largest absolute Gasteiger partial charge is 0.495 e. The first-order valence-electron chi connectivity index (χ1n) is 6.72. The third-order valence-corrected chi connectivity index (χ3v) is 3.86. The van der Waals surface area contributed by atoms with Crippen LogP contribution in [0.15, 0.2) is 36.4 Å². The maximum absolute atomic E-state index is 5.99. The van der Waals surface area contributed by atoms with E-state index in [1.165, 1.54) is 5.56 Å². The van der Waals surface area contributed by atoms with Crippen molar-refractivity contribution in [3.63, 3.8) is 0 Å². The first kappa shape index (κ1) is 12.9. The maximum Gasteiger partial charge on any atom is 0.141 e. The van der Waals surface area contributed by atoms with Crippen LogP contribution in [0.25, 0.3) is 11.1 Å². The zero-order chi connectivity index (χ0) is 14.3. The molecule has 1 aliphatic heterocycles. The highest BCUT2D eigenvalue weighted by molar-refractivity contribution is 5.72. The highest BCUT2D eigenvalue weighted by atomic mass is 16.5. The van der Waals surface area contributed by atoms with E-state index in [1.54, 1.807) is 7.11 Å². The van der Waals surface area contributed by atoms with Crippen LogP contribution in [-0.4, -0.2) is 13.7 Å². The van der Waals surface area contributed by atoms with E-state index in [-0.39, 0.29) is 5.41 Å². The maximum atomic E-state index is 5.99. The number of rotatable bonds is 2. The van der Waals surface area contributed by atoms with E-state index in [0.717, 1.165) is 23.5 Å². The molecule has 0 radical (unpaired) electrons. The fourth-order valence-corrected chi connectivity index (χ4v) is 2.61. The van der Waals surface area contributed by atoms with Gasteiger partial charge in [0.05, 0.1) is 19.4 Å². The zero-order valence-electron chi connectivity index (χ0n) is 12.1. The molecule has 0 bridgehead atoms. The van der Waals surface area contributed by atoms with Crippen molar-refractivity contribution in [2.45, 2.75) is 19.3 Å². The lowest BCUT2D eigenvalue weighted by Gasteiger charge is -2.16. The Morgan fingerprint density at radius 2 is 1.80 bits per heavy atom. The Hall–Kier alpha value is -2.16. The van der Waals surface area contributed by atoms with Crippen molar-refractivity contribution in [3.8, 4) is 22.6 Å². The molecule has 1 heterocycles. The van der Waals surface area contributed by atoms with Crippen molar-refractivity contribution in [2.75, 3.05) is 19.5 Å². The average Bonchev–Trinajstić information content (AvgIpc) is 2.74. The first-order valence-corrected chi connectivity index (χ1v) is 6.72. The smallest absolute Gasteiger partial charge is 0.141 e. The minimum Gasteiger partial charge on any atom is -0.495 e. The van der Waals surface area contributed by atoms with E-state index in [4.69, 9.17) is 15.2 Å². The second-order valence-corrected chi connectivity index (χ2v) is 5.84. The van der Waals surface area contributed by atoms with Crippen molar-refractivity contribution in [1.29, 1.82) is 0 Å². The number of benzene rings is 2. The van der Waals surface area contributed by atoms with Crippen molar-refractivity contribution in [1.82, 2.24) is 0 Å². The van der Waals surface area contributed by atoms with Gasteiger partial charge in [0.25, 0.3) is 0 Å². The molecular formula is C17H19NO2. The summed E-state index contributed by atoms with van der Waals surface area (Å²) < 4.78 is 10.9. The summed E-state index contributed by atoms with van der Waals surface area (Å²) >= 11 is 0. The molecule has 3 heteroatoms. The summed E-state index contributed by atoms with van der Waals surface area (Å²) in [5, 5.41) is 0. The van der Waals surface area contributed by atoms with Crippen LogP contribution in [0.5, 0.6) is 11.5 Å². The van der Waals surface area contributed by atoms with Crippen LogP contribution in [0.2, 0.25) is 0 Å². The quantitative estimate of drug-likeness (QED) is 0.847. The summed E-state index contributed by atoms with van der Waals surface area (Å²) in [5.41, 5.74) is 10.2. The summed E-state index contributed by atoms with van der Waals surface area (Å²) in [7, 11) is 1.63. The van der Waals surface area contributed by atoms with Crippen LogP contribution in [0.4, 0.5) is 5.69 Å². The van der Waals surface area contributed by atoms with Gasteiger partial charge in [-0.25, -0.2) is 0 Å². The van der Waals surface area contributed by atoms with Crippen LogP contribution in [0, 0.1) is 0 Å². The molecular weight excluding hydrogens is 250 g/mol. The monoisotopic (exact) mass is 269 g/mol. The summed E-state index contributed by atoms with van der Waals surface area (Å²) in [6.07, 6.45) is 0. The number of nitrogens with two attached hydrogens (primary N) is 1. The number of methoxy groups -OCH3 is 1. The van der Waals surface area contributed by atoms with Gasteiger partial charge in [-0.1, -0.05) is 26.0 Å². The van der Waals surface area contributed by atoms with E-state index in [9.17, 15) is 0 Å². The van der Waals surface area contributed by atoms with Crippen LogP contribution < -0.4 is 15.2 Å². The van der Waals surface area contributed by atoms with E-state index < -0.39 is 0 Å². The van der Waals surface area contributed by atoms with Crippen molar-refractivity contribution in [3.05, 3.63) is 42.0 Å². The van der Waals surface area contributed by atoms with Gasteiger partial charge in [-0.2, -0.15) is 0 Å². The number of anilines is 1. The molecule has 0 aromatic heterocycles. The molecule has 0 aliphatic carbocycles. The van der Waals surface area contributed by atoms with Gasteiger partial charge in [-0.05, 0) is 35.4 Å². The van der Waals surface area contributed by atoms with E-state index in [2.05, 4.69) is 26.0 Å². The predicted octanol–water partition coefficient (Wildman–Crippen LogP) is 3.61. The van der Waals surface area contributed by atoms with Crippen molar-refractivity contribution >= 4 is 5.69 Å². The van der Waals surface area contributed by atoms with Gasteiger partial charge in [0.1, 0.15) is 11.5 Å². The lowest BCUT2D eigenvalue weighted by atomic mass is 9.85. The van der Waals surface area contributed by atoms with Gasteiger partial charge in [-0.15, -0.1) is 0 Å². The minimum absolute atomic E-state index is 0.0589. The van der Waals surface area contributed by atoms with Crippen molar-refractivity contribution in [2.24, 2.45) is 0 Å². The van der Waals surface area contributed by atoms with Crippen molar-refractivity contribution < 1.29 is 9.47 Å². The molecule has 0 unspecified atom stereocenters. The molecule has 2 aromatic carbocycles. The Kier molecular flexibility index (Phi) is 2.85. The zero-order valence-corrected chi connectivity index (χ0v) is 12.1. The molecule has 0 atom stereocenters. The van der Waals surface area contributed by atoms with Crippen LogP contribution >= 0.6 is 0 Å². The second-order valence-electron chi connectivity index (χ2n) is 5.84. The molecule has 2 aromatic rings. The number of hydrogen-bond donors (Lipinski definition) is 1. The van der Waals surface area contributed by atoms with Crippen LogP contribution in [-0.2, 0) is 5.41 Å². The summed E-state index contributed by atoms with van der Waals surface area (Å²) in [6, 6.07) is 12.2. The molecule has 0 spiro atoms. The third-order valence-electron chi connectivity index (χ3n) is 3.86. The first-order chi connectivity index (χ1) is 9.51. The standard InChI is InChI=1S/C17H19NO2/c1-17(2)10-20-15-6-4-11(8-13(15)17)12-5-7-16(19-3)14(18)9-12/h4-9H,10,18H2,1-3H3. The van der Waals surface area contributed by atoms with Gasteiger partial charge in [0.2, 0.25) is 0 Å². The molecule has 0 amide bonds. The van der Waals surface area contributed by atoms with Gasteiger partial charge in [-0.3, -0.25) is 0 Å². The predicted molar refractivity (Wildman–Crippen MR) is 81.4 cm³/mol. The SMILES string of the molecule is COc1ccc(-c2ccc3c(c2)C(C)(C)CO3)cc1N. The fraction of sp³-hybridized carbons (Fsp3) is 0.294. The number of hydrogen-bond acceptors (Lipinski definition) is 3. The number of fused-ring (bicyclic) bond motifs is 1.